The van der Waals surface area contributed by atoms with Gasteiger partial charge in [0.05, 0.1) is 25.9 Å². The van der Waals surface area contributed by atoms with Crippen molar-refractivity contribution in [3.8, 4) is 0 Å². The molecule has 0 radical (unpaired) electrons. The Morgan fingerprint density at radius 3 is 0.452 bits per heavy atom. The molecule has 4 N–H and O–H groups in total. The van der Waals surface area contributed by atoms with Gasteiger partial charge < -0.3 is 45.0 Å². The Hall–Kier alpha value is -3.53. The summed E-state index contributed by atoms with van der Waals surface area (Å²) in [6.45, 7) is 22.2. The molecule has 0 aromatic heterocycles. The van der Waals surface area contributed by atoms with E-state index in [2.05, 4.69) is 53.1 Å². The Morgan fingerprint density at radius 1 is 0.366 bits per heavy atom. The van der Waals surface area contributed by atoms with E-state index in [1.807, 2.05) is 52.1 Å². The molecule has 0 saturated carbocycles. The van der Waals surface area contributed by atoms with E-state index in [0.29, 0.717) is 0 Å². The van der Waals surface area contributed by atoms with E-state index in [0.717, 1.165) is 52.4 Å². The number of Topliss-reactive ketones (excluding diaryl/α,β-unsaturated/α-hetero) is 2. The number of hydrogen-bond acceptors (Lipinski definition) is 23. The Labute approximate surface area is 580 Å². The first kappa shape index (κ1) is 163. The van der Waals surface area contributed by atoms with Crippen molar-refractivity contribution in [2.45, 2.75) is 155 Å². The summed E-state index contributed by atoms with van der Waals surface area (Å²) in [6, 6.07) is -0.157. The molecule has 0 heterocycles. The Kier molecular flexibility index (Phi) is 184. The van der Waals surface area contributed by atoms with Crippen LogP contribution >= 0.6 is 0 Å². The summed E-state index contributed by atoms with van der Waals surface area (Å²) in [5, 5.41) is 7.12. The SMILES string of the molecule is C.C.C.C.C.C.C.CC(=O)N(C)C.CC(C)=O.CC(C)=O.CCC.CCC.CCS(C)(=O)=O.CCS(C)(=O)=O.CN(C)C.CN(C)C.CN(C)S(C)(=O)=O.CN(C)S(C)(=O)=O.CNC(=O)NC.CNC(C)=O.CNS(C)(=O)=O.COC(C)=O.CS(C)(=O)=O.CS(C)(=O)=O. The third-order valence-electron chi connectivity index (χ3n) is 4.47. The van der Waals surface area contributed by atoms with Gasteiger partial charge in [0.15, 0.2) is 0 Å². The summed E-state index contributed by atoms with van der Waals surface area (Å²) in [4.78, 5) is 63.7. The van der Waals surface area contributed by atoms with Gasteiger partial charge in [0.25, 0.3) is 0 Å². The summed E-state index contributed by atoms with van der Waals surface area (Å²) < 4.78 is 148. The number of nitrogens with zero attached hydrogens (tertiary/aromatic N) is 5. The number of amides is 4. The van der Waals surface area contributed by atoms with E-state index in [9.17, 15) is 87.7 Å². The normalized spacial score (nSPS) is 8.81. The Morgan fingerprint density at radius 2 is 0.452 bits per heavy atom. The van der Waals surface area contributed by atoms with Gasteiger partial charge in [-0.25, -0.2) is 77.1 Å². The zero-order valence-corrected chi connectivity index (χ0v) is 66.2. The summed E-state index contributed by atoms with van der Waals surface area (Å²) >= 11 is 0. The molecule has 0 fully saturated rings. The summed E-state index contributed by atoms with van der Waals surface area (Å²) in [6.07, 6.45) is 13.0. The van der Waals surface area contributed by atoms with Crippen LogP contribution < -0.4 is 20.7 Å². The number of rotatable bonds is 5. The van der Waals surface area contributed by atoms with Gasteiger partial charge in [-0.15, -0.1) is 0 Å². The topological polar surface area (TPSA) is 415 Å². The smallest absolute Gasteiger partial charge is 0.314 e. The van der Waals surface area contributed by atoms with Gasteiger partial charge in [0.2, 0.25) is 41.9 Å². The van der Waals surface area contributed by atoms with Crippen molar-refractivity contribution in [2.24, 2.45) is 0 Å². The van der Waals surface area contributed by atoms with E-state index in [1.165, 1.54) is 121 Å². The molecule has 0 spiro atoms. The molecule has 4 amide bonds. The van der Waals surface area contributed by atoms with Gasteiger partial charge in [0.1, 0.15) is 50.9 Å². The minimum Gasteiger partial charge on any atom is -0.469 e. The number of esters is 1. The predicted octanol–water partition coefficient (Wildman–Crippen LogP) is 6.01. The van der Waals surface area contributed by atoms with Gasteiger partial charge in [-0.2, -0.15) is 0 Å². The quantitative estimate of drug-likeness (QED) is 0.229. The lowest BCUT2D eigenvalue weighted by Gasteiger charge is -2.02. The van der Waals surface area contributed by atoms with Gasteiger partial charge in [-0.1, -0.05) is 106 Å². The fraction of sp³-hybridized carbons (Fsp3) is 0.893. The van der Waals surface area contributed by atoms with E-state index in [4.69, 9.17) is 0 Å². The number of methoxy groups -OCH3 is 1. The second-order valence-corrected chi connectivity index (χ2v) is 34.2. The first-order chi connectivity index (χ1) is 37.3. The van der Waals surface area contributed by atoms with Crippen LogP contribution in [0.2, 0.25) is 0 Å². The van der Waals surface area contributed by atoms with Gasteiger partial charge in [-0.3, -0.25) is 14.4 Å². The van der Waals surface area contributed by atoms with E-state index in [-0.39, 0.29) is 98.9 Å². The maximum Gasteiger partial charge on any atom is 0.314 e. The first-order valence-electron chi connectivity index (χ1n) is 25.1. The summed E-state index contributed by atoms with van der Waals surface area (Å²) in [5.41, 5.74) is 0. The number of hydrogen-bond donors (Lipinski definition) is 4. The second-order valence-electron chi connectivity index (χ2n) is 18.4. The molecule has 0 unspecified atom stereocenters. The van der Waals surface area contributed by atoms with Crippen molar-refractivity contribution >= 4 is 105 Å². The number of carbonyl (C=O) groups is 6. The number of carbonyl (C=O) groups excluding carboxylic acids is 6. The van der Waals surface area contributed by atoms with E-state index >= 15 is 0 Å². The van der Waals surface area contributed by atoms with Gasteiger partial charge in [0, 0.05) is 133 Å². The molecule has 0 aliphatic heterocycles. The van der Waals surface area contributed by atoms with Crippen molar-refractivity contribution < 1.29 is 92.4 Å². The number of sulfone groups is 4. The molecule has 0 saturated heterocycles. The lowest BCUT2D eigenvalue weighted by Crippen LogP contribution is -2.28. The highest BCUT2D eigenvalue weighted by Gasteiger charge is 2.02. The fourth-order valence-electron chi connectivity index (χ4n) is 0.125. The molecule has 37 heteroatoms. The first-order valence-corrected chi connectivity index (χ1v) is 39.4. The van der Waals surface area contributed by atoms with Crippen LogP contribution in [0.3, 0.4) is 0 Å². The van der Waals surface area contributed by atoms with Crippen LogP contribution in [0.1, 0.15) is 155 Å². The molecule has 0 aliphatic carbocycles. The molecule has 0 aliphatic rings. The van der Waals surface area contributed by atoms with Crippen LogP contribution in [0.25, 0.3) is 0 Å². The zero-order chi connectivity index (χ0) is 75.2. The molecule has 0 atom stereocenters. The Balaban J connectivity index is -0.0000000247. The molecule has 93 heavy (non-hydrogen) atoms. The lowest BCUT2D eigenvalue weighted by molar-refractivity contribution is -0.138. The third-order valence-corrected chi connectivity index (χ3v) is 9.96. The average molecular weight is 1520 g/mol. The number of nitrogens with one attached hydrogen (secondary N) is 4. The van der Waals surface area contributed by atoms with Crippen LogP contribution in [0.5, 0.6) is 0 Å². The van der Waals surface area contributed by atoms with E-state index < -0.39 is 69.4 Å². The highest BCUT2D eigenvalue weighted by Crippen LogP contribution is 1.84. The molecule has 0 bridgehead atoms. The predicted molar refractivity (Wildman–Crippen MR) is 410 cm³/mol. The number of ketones is 2. The standard InChI is InChI=1S/C4H9NO.C3H8N2O.2C3H9NO2S.C3H7NO.2C3H9N.2C3H8O2S.C3H6O2.2C3H6O.2C3H8.C2H7NO2S.2C2H6O2S.7CH4/c1-4(6)5(2)3;1-4-3(6)5-2;2*1-4(2)7(3,5)6;1-3(5)4-2;2*1-4(2)3;2*1-3-6(2,4)5;1-3(4)5-2;2*1-3(2)4;2*1-3-2;1-3-6(2,4)5;2*1-5(2,3)4;;;;;;;/h1-3H3;1-2H3,(H2,4,5,6);2*1-3H3;1-2H3,(H,4,5);2*1-3H3;2*3H2,1-2H3;1-2H3;2*1-2H3;2*3H2,1-2H3;3H,1-2H3;2*1-2H3;7*1H4. The molecule has 0 rings (SSSR count). The molecular formula is C56H157N9O21S7. The van der Waals surface area contributed by atoms with Crippen molar-refractivity contribution in [1.29, 1.82) is 0 Å². The van der Waals surface area contributed by atoms with Gasteiger partial charge in [-0.05, 0) is 77.0 Å². The Bertz CT molecular complexity index is 2140. The van der Waals surface area contributed by atoms with Crippen molar-refractivity contribution in [3.63, 3.8) is 0 Å². The monoisotopic (exact) mass is 1520 g/mol. The summed E-state index contributed by atoms with van der Waals surface area (Å²) in [7, 11) is 9.50. The number of ether oxygens (including phenoxy) is 1. The van der Waals surface area contributed by atoms with Gasteiger partial charge >= 0.3 is 12.0 Å². The third kappa shape index (κ3) is 762. The van der Waals surface area contributed by atoms with Crippen molar-refractivity contribution in [2.75, 3.05) is 188 Å². The highest BCUT2D eigenvalue weighted by molar-refractivity contribution is 7.91. The summed E-state index contributed by atoms with van der Waals surface area (Å²) in [5.74, 6) is 0.671. The minimum atomic E-state index is -2.91. The zero-order valence-electron chi connectivity index (χ0n) is 60.5. The van der Waals surface area contributed by atoms with Crippen LogP contribution in [0.4, 0.5) is 4.79 Å². The molecular weight excluding hydrogens is 1360 g/mol. The maximum atomic E-state index is 10.3. The van der Waals surface area contributed by atoms with Crippen LogP contribution in [-0.2, 0) is 98.1 Å². The molecule has 0 aromatic carbocycles. The van der Waals surface area contributed by atoms with Crippen LogP contribution in [0.15, 0.2) is 0 Å². The lowest BCUT2D eigenvalue weighted by atomic mass is 10.6. The minimum absolute atomic E-state index is 0. The number of urea groups is 1. The largest absolute Gasteiger partial charge is 0.469 e. The maximum absolute atomic E-state index is 10.3. The average Bonchev–Trinajstić information content (AvgIpc) is 3.25. The van der Waals surface area contributed by atoms with Crippen molar-refractivity contribution in [3.05, 3.63) is 0 Å². The second kappa shape index (κ2) is 105. The van der Waals surface area contributed by atoms with Crippen molar-refractivity contribution in [1.82, 2.24) is 44.0 Å². The highest BCUT2D eigenvalue weighted by atomic mass is 32.2. The molecule has 594 valence electrons. The fourth-order valence-corrected chi connectivity index (χ4v) is 0.125. The molecule has 30 nitrogen and oxygen atoms in total. The van der Waals surface area contributed by atoms with Crippen LogP contribution in [0, 0.1) is 0 Å². The van der Waals surface area contributed by atoms with Crippen LogP contribution in [-0.4, -0.2) is 305 Å². The number of sulfonamides is 3. The molecule has 0 aromatic rings. The van der Waals surface area contributed by atoms with E-state index in [1.54, 1.807) is 49.1 Å².